The molecule has 0 heterocycles. The average molecular weight is 210 g/mol. The number of hydrogen-bond acceptors (Lipinski definition) is 4. The third-order valence-electron chi connectivity index (χ3n) is 1.87. The Morgan fingerprint density at radius 2 is 1.87 bits per heavy atom. The zero-order valence-electron chi connectivity index (χ0n) is 8.80. The minimum absolute atomic E-state index is 0.387. The lowest BCUT2D eigenvalue weighted by Crippen LogP contribution is -2.18. The number of hydrogen-bond donors (Lipinski definition) is 0. The van der Waals surface area contributed by atoms with Crippen molar-refractivity contribution in [1.82, 2.24) is 0 Å². The molecule has 1 atom stereocenters. The summed E-state index contributed by atoms with van der Waals surface area (Å²) in [6.45, 7) is 2.26. The van der Waals surface area contributed by atoms with Crippen molar-refractivity contribution in [1.29, 1.82) is 0 Å². The van der Waals surface area contributed by atoms with Crippen molar-refractivity contribution in [2.75, 3.05) is 7.11 Å². The molecular weight excluding hydrogens is 196 g/mol. The van der Waals surface area contributed by atoms with Crippen molar-refractivity contribution >= 4 is 6.47 Å². The highest BCUT2D eigenvalue weighted by Crippen LogP contribution is 2.18. The summed E-state index contributed by atoms with van der Waals surface area (Å²) in [5, 5.41) is 0. The molecule has 0 fully saturated rings. The third kappa shape index (κ3) is 3.50. The van der Waals surface area contributed by atoms with Gasteiger partial charge in [-0.3, -0.25) is 4.79 Å². The Morgan fingerprint density at radius 1 is 1.27 bits per heavy atom. The van der Waals surface area contributed by atoms with Crippen molar-refractivity contribution in [3.63, 3.8) is 0 Å². The molecule has 1 aromatic rings. The zero-order valence-corrected chi connectivity index (χ0v) is 8.80. The van der Waals surface area contributed by atoms with E-state index in [-0.39, 0.29) is 0 Å². The average Bonchev–Trinajstić information content (AvgIpc) is 2.29. The molecule has 0 bridgehead atoms. The smallest absolute Gasteiger partial charge is 0.296 e. The molecule has 82 valence electrons. The first-order valence-electron chi connectivity index (χ1n) is 4.70. The molecule has 0 saturated carbocycles. The number of methoxy groups -OCH3 is 1. The second-order valence-corrected chi connectivity index (χ2v) is 2.86. The van der Waals surface area contributed by atoms with Crippen LogP contribution in [0.1, 0.15) is 13.3 Å². The summed E-state index contributed by atoms with van der Waals surface area (Å²) >= 11 is 0. The zero-order chi connectivity index (χ0) is 11.1. The molecule has 15 heavy (non-hydrogen) atoms. The van der Waals surface area contributed by atoms with Gasteiger partial charge in [0.15, 0.2) is 0 Å². The molecule has 4 nitrogen and oxygen atoms in total. The number of ether oxygens (including phenoxy) is 3. The van der Waals surface area contributed by atoms with Gasteiger partial charge in [0.25, 0.3) is 6.47 Å². The summed E-state index contributed by atoms with van der Waals surface area (Å²) in [6.07, 6.45) is 0.0704. The third-order valence-corrected chi connectivity index (χ3v) is 1.87. The second-order valence-electron chi connectivity index (χ2n) is 2.86. The number of carbonyl (C=O) groups is 1. The van der Waals surface area contributed by atoms with Crippen LogP contribution in [-0.4, -0.2) is 19.9 Å². The first-order valence-corrected chi connectivity index (χ1v) is 4.70. The summed E-state index contributed by atoms with van der Waals surface area (Å²) in [6, 6.07) is 7.08. The summed E-state index contributed by atoms with van der Waals surface area (Å²) in [5.41, 5.74) is 0. The van der Waals surface area contributed by atoms with E-state index in [4.69, 9.17) is 14.2 Å². The molecule has 0 N–H and O–H groups in total. The molecule has 0 spiro atoms. The molecule has 1 aromatic carbocycles. The van der Waals surface area contributed by atoms with Gasteiger partial charge >= 0.3 is 0 Å². The molecule has 0 saturated heterocycles. The predicted molar refractivity (Wildman–Crippen MR) is 54.9 cm³/mol. The van der Waals surface area contributed by atoms with Gasteiger partial charge in [0, 0.05) is 6.42 Å². The molecular formula is C11H14O4. The van der Waals surface area contributed by atoms with Gasteiger partial charge in [0.1, 0.15) is 11.5 Å². The highest BCUT2D eigenvalue weighted by Gasteiger charge is 2.07. The normalized spacial score (nSPS) is 11.6. The maximum atomic E-state index is 10.1. The molecule has 1 unspecified atom stereocenters. The van der Waals surface area contributed by atoms with Crippen LogP contribution in [0.4, 0.5) is 0 Å². The van der Waals surface area contributed by atoms with Gasteiger partial charge in [-0.15, -0.1) is 0 Å². The quantitative estimate of drug-likeness (QED) is 0.532. The van der Waals surface area contributed by atoms with Gasteiger partial charge in [-0.25, -0.2) is 0 Å². The number of benzene rings is 1. The topological polar surface area (TPSA) is 44.8 Å². The van der Waals surface area contributed by atoms with Crippen molar-refractivity contribution in [2.24, 2.45) is 0 Å². The molecule has 4 heteroatoms. The number of carbonyl (C=O) groups excluding carboxylic acids is 1. The second kappa shape index (κ2) is 5.90. The SMILES string of the molecule is CCC(OC=O)Oc1ccc(OC)cc1. The van der Waals surface area contributed by atoms with Gasteiger partial charge in [0.05, 0.1) is 7.11 Å². The largest absolute Gasteiger partial charge is 0.497 e. The monoisotopic (exact) mass is 210 g/mol. The first kappa shape index (κ1) is 11.4. The van der Waals surface area contributed by atoms with Crippen LogP contribution in [0.2, 0.25) is 0 Å². The van der Waals surface area contributed by atoms with E-state index in [0.717, 1.165) is 5.75 Å². The van der Waals surface area contributed by atoms with Crippen LogP contribution in [0.5, 0.6) is 11.5 Å². The summed E-state index contributed by atoms with van der Waals surface area (Å²) in [5.74, 6) is 1.40. The maximum absolute atomic E-state index is 10.1. The fraction of sp³-hybridized carbons (Fsp3) is 0.364. The van der Waals surface area contributed by atoms with Crippen LogP contribution >= 0.6 is 0 Å². The Kier molecular flexibility index (Phi) is 4.47. The van der Waals surface area contributed by atoms with E-state index in [1.165, 1.54) is 0 Å². The predicted octanol–water partition coefficient (Wildman–Crippen LogP) is 1.98. The van der Waals surface area contributed by atoms with Crippen molar-refractivity contribution in [3.05, 3.63) is 24.3 Å². The van der Waals surface area contributed by atoms with Gasteiger partial charge < -0.3 is 14.2 Å². The molecule has 0 aliphatic carbocycles. The molecule has 0 aromatic heterocycles. The number of rotatable bonds is 6. The Bertz CT molecular complexity index is 294. The molecule has 0 radical (unpaired) electrons. The van der Waals surface area contributed by atoms with Gasteiger partial charge in [-0.05, 0) is 24.3 Å². The Hall–Kier alpha value is -1.71. The molecule has 1 rings (SSSR count). The van der Waals surface area contributed by atoms with Crippen LogP contribution < -0.4 is 9.47 Å². The van der Waals surface area contributed by atoms with Crippen LogP contribution in [0.3, 0.4) is 0 Å². The van der Waals surface area contributed by atoms with E-state index < -0.39 is 6.29 Å². The lowest BCUT2D eigenvalue weighted by atomic mass is 10.3. The Morgan fingerprint density at radius 3 is 2.33 bits per heavy atom. The minimum atomic E-state index is -0.532. The molecule has 0 aliphatic heterocycles. The fourth-order valence-electron chi connectivity index (χ4n) is 1.08. The lowest BCUT2D eigenvalue weighted by molar-refractivity contribution is -0.147. The van der Waals surface area contributed by atoms with E-state index in [9.17, 15) is 4.79 Å². The van der Waals surface area contributed by atoms with E-state index in [1.54, 1.807) is 31.4 Å². The summed E-state index contributed by atoms with van der Waals surface area (Å²) in [4.78, 5) is 10.1. The van der Waals surface area contributed by atoms with Gasteiger partial charge in [-0.1, -0.05) is 6.92 Å². The Labute approximate surface area is 88.8 Å². The van der Waals surface area contributed by atoms with E-state index in [0.29, 0.717) is 18.6 Å². The van der Waals surface area contributed by atoms with E-state index in [1.807, 2.05) is 6.92 Å². The molecule has 0 aliphatic rings. The standard InChI is InChI=1S/C11H14O4/c1-3-11(14-8-12)15-10-6-4-9(13-2)5-7-10/h4-8,11H,3H2,1-2H3. The van der Waals surface area contributed by atoms with Crippen LogP contribution in [0, 0.1) is 0 Å². The van der Waals surface area contributed by atoms with Crippen molar-refractivity contribution in [3.8, 4) is 11.5 Å². The van der Waals surface area contributed by atoms with E-state index in [2.05, 4.69) is 0 Å². The van der Waals surface area contributed by atoms with Crippen LogP contribution in [0.25, 0.3) is 0 Å². The summed E-state index contributed by atoms with van der Waals surface area (Å²) in [7, 11) is 1.60. The maximum Gasteiger partial charge on any atom is 0.296 e. The Balaban J connectivity index is 2.58. The summed E-state index contributed by atoms with van der Waals surface area (Å²) < 4.78 is 15.1. The first-order chi connectivity index (χ1) is 7.30. The van der Waals surface area contributed by atoms with Gasteiger partial charge in [0.2, 0.25) is 6.29 Å². The van der Waals surface area contributed by atoms with Crippen LogP contribution in [0.15, 0.2) is 24.3 Å². The highest BCUT2D eigenvalue weighted by molar-refractivity contribution is 5.37. The fourth-order valence-corrected chi connectivity index (χ4v) is 1.08. The van der Waals surface area contributed by atoms with Gasteiger partial charge in [-0.2, -0.15) is 0 Å². The van der Waals surface area contributed by atoms with Crippen molar-refractivity contribution < 1.29 is 19.0 Å². The van der Waals surface area contributed by atoms with Crippen LogP contribution in [-0.2, 0) is 9.53 Å². The highest BCUT2D eigenvalue weighted by atomic mass is 16.7. The molecule has 0 amide bonds. The minimum Gasteiger partial charge on any atom is -0.497 e. The lowest BCUT2D eigenvalue weighted by Gasteiger charge is -2.15. The van der Waals surface area contributed by atoms with Crippen molar-refractivity contribution in [2.45, 2.75) is 19.6 Å². The van der Waals surface area contributed by atoms with E-state index >= 15 is 0 Å².